The van der Waals surface area contributed by atoms with Gasteiger partial charge in [-0.1, -0.05) is 18.2 Å². The number of para-hydroxylation sites is 1. The van der Waals surface area contributed by atoms with Crippen LogP contribution in [-0.2, 0) is 0 Å². The first-order chi connectivity index (χ1) is 11.9. The summed E-state index contributed by atoms with van der Waals surface area (Å²) >= 11 is 0. The van der Waals surface area contributed by atoms with Gasteiger partial charge in [-0.05, 0) is 49.2 Å². The van der Waals surface area contributed by atoms with Crippen LogP contribution in [0.1, 0.15) is 21.5 Å². The van der Waals surface area contributed by atoms with Gasteiger partial charge in [0.25, 0.3) is 0 Å². The number of benzene rings is 2. The Hall–Kier alpha value is -3.02. The molecule has 0 atom stereocenters. The SMILES string of the molecule is Cc1cc(C)c2c(C(=O)O)cc(-c3ccccc3OC(F)F)nc2c1. The summed E-state index contributed by atoms with van der Waals surface area (Å²) in [5.41, 5.74) is 2.88. The van der Waals surface area contributed by atoms with E-state index in [0.29, 0.717) is 16.5 Å². The number of carboxylic acid groups (broad SMARTS) is 1. The van der Waals surface area contributed by atoms with E-state index in [2.05, 4.69) is 9.72 Å². The molecule has 0 saturated carbocycles. The second-order valence-electron chi connectivity index (χ2n) is 5.71. The van der Waals surface area contributed by atoms with Crippen LogP contribution < -0.4 is 4.74 Å². The molecule has 3 aromatic rings. The Balaban J connectivity index is 2.30. The van der Waals surface area contributed by atoms with E-state index in [-0.39, 0.29) is 17.0 Å². The number of aryl methyl sites for hydroxylation is 2. The number of rotatable bonds is 4. The van der Waals surface area contributed by atoms with Crippen LogP contribution in [0.15, 0.2) is 42.5 Å². The molecular weight excluding hydrogens is 328 g/mol. The van der Waals surface area contributed by atoms with Gasteiger partial charge in [0.1, 0.15) is 5.75 Å². The van der Waals surface area contributed by atoms with Crippen molar-refractivity contribution in [1.29, 1.82) is 0 Å². The number of nitrogens with zero attached hydrogens (tertiary/aromatic N) is 1. The molecule has 0 fully saturated rings. The van der Waals surface area contributed by atoms with Gasteiger partial charge in [0.2, 0.25) is 0 Å². The molecule has 1 aromatic heterocycles. The topological polar surface area (TPSA) is 59.4 Å². The van der Waals surface area contributed by atoms with Crippen LogP contribution in [0.25, 0.3) is 22.2 Å². The van der Waals surface area contributed by atoms with Crippen molar-refractivity contribution >= 4 is 16.9 Å². The van der Waals surface area contributed by atoms with Crippen molar-refractivity contribution in [3.8, 4) is 17.0 Å². The molecule has 0 amide bonds. The van der Waals surface area contributed by atoms with Gasteiger partial charge < -0.3 is 9.84 Å². The van der Waals surface area contributed by atoms with Crippen LogP contribution in [0.5, 0.6) is 5.75 Å². The average Bonchev–Trinajstić information content (AvgIpc) is 2.53. The molecule has 3 rings (SSSR count). The Morgan fingerprint density at radius 1 is 1.16 bits per heavy atom. The van der Waals surface area contributed by atoms with Crippen molar-refractivity contribution < 1.29 is 23.4 Å². The first kappa shape index (κ1) is 16.8. The van der Waals surface area contributed by atoms with E-state index in [1.165, 1.54) is 12.1 Å². The van der Waals surface area contributed by atoms with Crippen LogP contribution >= 0.6 is 0 Å². The maximum Gasteiger partial charge on any atom is 0.387 e. The fourth-order valence-electron chi connectivity index (χ4n) is 2.94. The lowest BCUT2D eigenvalue weighted by molar-refractivity contribution is -0.0494. The highest BCUT2D eigenvalue weighted by atomic mass is 19.3. The average molecular weight is 343 g/mol. The summed E-state index contributed by atoms with van der Waals surface area (Å²) < 4.78 is 29.8. The molecule has 25 heavy (non-hydrogen) atoms. The zero-order valence-corrected chi connectivity index (χ0v) is 13.6. The minimum atomic E-state index is -2.98. The van der Waals surface area contributed by atoms with E-state index < -0.39 is 12.6 Å². The number of aromatic carboxylic acids is 1. The van der Waals surface area contributed by atoms with Crippen molar-refractivity contribution in [2.45, 2.75) is 20.5 Å². The van der Waals surface area contributed by atoms with Crippen LogP contribution in [0.3, 0.4) is 0 Å². The Morgan fingerprint density at radius 3 is 2.56 bits per heavy atom. The number of carbonyl (C=O) groups is 1. The molecule has 1 N–H and O–H groups in total. The second kappa shape index (κ2) is 6.47. The maximum atomic E-state index is 12.6. The minimum Gasteiger partial charge on any atom is -0.478 e. The highest BCUT2D eigenvalue weighted by molar-refractivity contribution is 6.05. The van der Waals surface area contributed by atoms with Crippen molar-refractivity contribution in [3.05, 3.63) is 59.2 Å². The quantitative estimate of drug-likeness (QED) is 0.738. The number of carboxylic acids is 1. The number of fused-ring (bicyclic) bond motifs is 1. The van der Waals surface area contributed by atoms with E-state index in [1.54, 1.807) is 24.3 Å². The molecule has 1 heterocycles. The number of halogens is 2. The standard InChI is InChI=1S/C19H15F2NO3/c1-10-7-11(2)17-13(18(23)24)9-14(22-15(17)8-10)12-5-3-4-6-16(12)25-19(20)21/h3-9,19H,1-2H3,(H,23,24). The molecular formula is C19H15F2NO3. The molecule has 0 aliphatic rings. The van der Waals surface area contributed by atoms with Gasteiger partial charge in [-0.15, -0.1) is 0 Å². The third-order valence-electron chi connectivity index (χ3n) is 3.86. The third-order valence-corrected chi connectivity index (χ3v) is 3.86. The van der Waals surface area contributed by atoms with Gasteiger partial charge in [-0.25, -0.2) is 9.78 Å². The molecule has 0 aliphatic heterocycles. The summed E-state index contributed by atoms with van der Waals surface area (Å²) in [7, 11) is 0. The number of hydrogen-bond acceptors (Lipinski definition) is 3. The highest BCUT2D eigenvalue weighted by Crippen LogP contribution is 2.33. The van der Waals surface area contributed by atoms with E-state index in [9.17, 15) is 18.7 Å². The Morgan fingerprint density at radius 2 is 1.88 bits per heavy atom. The maximum absolute atomic E-state index is 12.6. The monoisotopic (exact) mass is 343 g/mol. The van der Waals surface area contributed by atoms with E-state index in [1.807, 2.05) is 19.9 Å². The molecule has 0 spiro atoms. The Bertz CT molecular complexity index is 970. The first-order valence-electron chi connectivity index (χ1n) is 7.56. The first-order valence-corrected chi connectivity index (χ1v) is 7.56. The molecule has 0 bridgehead atoms. The fraction of sp³-hybridized carbons (Fsp3) is 0.158. The number of alkyl halides is 2. The number of aromatic nitrogens is 1. The third kappa shape index (κ3) is 3.28. The smallest absolute Gasteiger partial charge is 0.387 e. The highest BCUT2D eigenvalue weighted by Gasteiger charge is 2.18. The summed E-state index contributed by atoms with van der Waals surface area (Å²) in [5.74, 6) is -1.15. The van der Waals surface area contributed by atoms with Crippen LogP contribution in [0.2, 0.25) is 0 Å². The van der Waals surface area contributed by atoms with Crippen LogP contribution in [0.4, 0.5) is 8.78 Å². The number of hydrogen-bond donors (Lipinski definition) is 1. The Labute approximate surface area is 142 Å². The summed E-state index contributed by atoms with van der Waals surface area (Å²) in [6.45, 7) is 0.719. The zero-order chi connectivity index (χ0) is 18.1. The minimum absolute atomic E-state index is 0.0509. The summed E-state index contributed by atoms with van der Waals surface area (Å²) in [6, 6.07) is 11.2. The van der Waals surface area contributed by atoms with E-state index in [4.69, 9.17) is 0 Å². The summed E-state index contributed by atoms with van der Waals surface area (Å²) in [5, 5.41) is 10.1. The molecule has 0 aliphatic carbocycles. The number of ether oxygens (including phenoxy) is 1. The predicted octanol–water partition coefficient (Wildman–Crippen LogP) is 4.82. The lowest BCUT2D eigenvalue weighted by atomic mass is 9.99. The molecule has 0 radical (unpaired) electrons. The van der Waals surface area contributed by atoms with E-state index >= 15 is 0 Å². The van der Waals surface area contributed by atoms with Crippen LogP contribution in [-0.4, -0.2) is 22.7 Å². The predicted molar refractivity (Wildman–Crippen MR) is 90.2 cm³/mol. The summed E-state index contributed by atoms with van der Waals surface area (Å²) in [6.07, 6.45) is 0. The van der Waals surface area contributed by atoms with Crippen molar-refractivity contribution in [2.75, 3.05) is 0 Å². The van der Waals surface area contributed by atoms with Gasteiger partial charge in [0.05, 0.1) is 16.8 Å². The van der Waals surface area contributed by atoms with Gasteiger partial charge in [-0.3, -0.25) is 0 Å². The lowest BCUT2D eigenvalue weighted by Crippen LogP contribution is -2.05. The normalized spacial score (nSPS) is 11.1. The van der Waals surface area contributed by atoms with Crippen LogP contribution in [0, 0.1) is 13.8 Å². The van der Waals surface area contributed by atoms with E-state index in [0.717, 1.165) is 11.1 Å². The zero-order valence-electron chi connectivity index (χ0n) is 13.6. The number of pyridine rings is 1. The lowest BCUT2D eigenvalue weighted by Gasteiger charge is -2.13. The molecule has 0 unspecified atom stereocenters. The Kier molecular flexibility index (Phi) is 4.35. The molecule has 4 nitrogen and oxygen atoms in total. The van der Waals surface area contributed by atoms with Crippen molar-refractivity contribution in [2.24, 2.45) is 0 Å². The largest absolute Gasteiger partial charge is 0.478 e. The molecule has 0 saturated heterocycles. The molecule has 6 heteroatoms. The summed E-state index contributed by atoms with van der Waals surface area (Å²) in [4.78, 5) is 16.2. The van der Waals surface area contributed by atoms with Gasteiger partial charge in [0, 0.05) is 10.9 Å². The van der Waals surface area contributed by atoms with Crippen molar-refractivity contribution in [1.82, 2.24) is 4.98 Å². The molecule has 2 aromatic carbocycles. The molecule has 128 valence electrons. The van der Waals surface area contributed by atoms with Gasteiger partial charge in [0.15, 0.2) is 0 Å². The fourth-order valence-corrected chi connectivity index (χ4v) is 2.94. The second-order valence-corrected chi connectivity index (χ2v) is 5.71. The van der Waals surface area contributed by atoms with Gasteiger partial charge >= 0.3 is 12.6 Å². The van der Waals surface area contributed by atoms with Gasteiger partial charge in [-0.2, -0.15) is 8.78 Å². The van der Waals surface area contributed by atoms with Crippen molar-refractivity contribution in [3.63, 3.8) is 0 Å².